The Bertz CT molecular complexity index is 355. The summed E-state index contributed by atoms with van der Waals surface area (Å²) in [6, 6.07) is -0.712. The average Bonchev–Trinajstić information content (AvgIpc) is 2.47. The number of nitrogens with one attached hydrogen (secondary N) is 1. The Labute approximate surface area is 93.3 Å². The smallest absolute Gasteiger partial charge is 0.210 e. The first-order valence-corrected chi connectivity index (χ1v) is 6.59. The van der Waals surface area contributed by atoms with Gasteiger partial charge in [-0.3, -0.25) is 9.59 Å². The standard InChI is InChI=1S/C8H14N2O5S/c11-5-9-1-2-10(6-12)7-3-16(14,15)4-8(7)13/h5-8,13H,1-4H2,(H,9,11). The van der Waals surface area contributed by atoms with E-state index >= 15 is 0 Å². The van der Waals surface area contributed by atoms with Gasteiger partial charge in [0, 0.05) is 13.1 Å². The third kappa shape index (κ3) is 3.17. The largest absolute Gasteiger partial charge is 0.390 e. The second-order valence-corrected chi connectivity index (χ2v) is 5.78. The average molecular weight is 250 g/mol. The summed E-state index contributed by atoms with van der Waals surface area (Å²) < 4.78 is 22.5. The van der Waals surface area contributed by atoms with Gasteiger partial charge >= 0.3 is 0 Å². The number of rotatable bonds is 6. The van der Waals surface area contributed by atoms with Crippen LogP contribution in [0.1, 0.15) is 0 Å². The molecule has 0 aromatic rings. The van der Waals surface area contributed by atoms with E-state index < -0.39 is 22.0 Å². The van der Waals surface area contributed by atoms with Crippen LogP contribution in [0, 0.1) is 0 Å². The van der Waals surface area contributed by atoms with E-state index in [0.717, 1.165) is 0 Å². The SMILES string of the molecule is O=CNCCN(C=O)C1CS(=O)(=O)CC1O. The fraction of sp³-hybridized carbons (Fsp3) is 0.750. The number of sulfone groups is 1. The fourth-order valence-corrected chi connectivity index (χ4v) is 3.49. The lowest BCUT2D eigenvalue weighted by atomic mass is 10.2. The Hall–Kier alpha value is -1.15. The minimum absolute atomic E-state index is 0.180. The summed E-state index contributed by atoms with van der Waals surface area (Å²) in [4.78, 5) is 21.9. The molecule has 1 rings (SSSR count). The van der Waals surface area contributed by atoms with Crippen LogP contribution in [0.2, 0.25) is 0 Å². The normalized spacial score (nSPS) is 27.3. The van der Waals surface area contributed by atoms with Crippen molar-refractivity contribution in [3.05, 3.63) is 0 Å². The number of amides is 2. The summed E-state index contributed by atoms with van der Waals surface area (Å²) in [5.41, 5.74) is 0. The molecule has 1 aliphatic rings. The molecule has 0 aliphatic carbocycles. The van der Waals surface area contributed by atoms with Crippen molar-refractivity contribution in [2.45, 2.75) is 12.1 Å². The molecule has 0 bridgehead atoms. The van der Waals surface area contributed by atoms with Crippen molar-refractivity contribution in [2.75, 3.05) is 24.6 Å². The predicted octanol–water partition coefficient (Wildman–Crippen LogP) is -2.65. The number of aliphatic hydroxyl groups is 1. The molecule has 0 aromatic carbocycles. The maximum atomic E-state index is 11.2. The fourth-order valence-electron chi connectivity index (χ4n) is 1.68. The summed E-state index contributed by atoms with van der Waals surface area (Å²) in [7, 11) is -3.27. The van der Waals surface area contributed by atoms with Gasteiger partial charge in [0.1, 0.15) is 0 Å². The Morgan fingerprint density at radius 2 is 2.06 bits per heavy atom. The van der Waals surface area contributed by atoms with Crippen molar-refractivity contribution in [3.8, 4) is 0 Å². The molecule has 2 N–H and O–H groups in total. The molecule has 0 radical (unpaired) electrons. The predicted molar refractivity (Wildman–Crippen MR) is 55.3 cm³/mol. The lowest BCUT2D eigenvalue weighted by molar-refractivity contribution is -0.121. The second-order valence-electron chi connectivity index (χ2n) is 3.63. The van der Waals surface area contributed by atoms with Gasteiger partial charge in [-0.2, -0.15) is 0 Å². The van der Waals surface area contributed by atoms with E-state index in [-0.39, 0.29) is 24.6 Å². The molecule has 8 heteroatoms. The Morgan fingerprint density at radius 3 is 2.50 bits per heavy atom. The zero-order chi connectivity index (χ0) is 12.2. The van der Waals surface area contributed by atoms with E-state index in [4.69, 9.17) is 0 Å². The van der Waals surface area contributed by atoms with Gasteiger partial charge in [-0.1, -0.05) is 0 Å². The molecule has 1 fully saturated rings. The third-order valence-electron chi connectivity index (χ3n) is 2.45. The summed E-state index contributed by atoms with van der Waals surface area (Å²) in [6.45, 7) is 0.408. The van der Waals surface area contributed by atoms with Crippen LogP contribution in [-0.2, 0) is 19.4 Å². The van der Waals surface area contributed by atoms with E-state index in [0.29, 0.717) is 12.8 Å². The molecule has 2 unspecified atom stereocenters. The van der Waals surface area contributed by atoms with Crippen LogP contribution in [0.15, 0.2) is 0 Å². The molecule has 1 aliphatic heterocycles. The maximum Gasteiger partial charge on any atom is 0.210 e. The van der Waals surface area contributed by atoms with Gasteiger partial charge in [-0.25, -0.2) is 8.42 Å². The first kappa shape index (κ1) is 12.9. The molecule has 0 aromatic heterocycles. The topological polar surface area (TPSA) is 104 Å². The number of carbonyl (C=O) groups is 2. The van der Waals surface area contributed by atoms with Gasteiger partial charge in [0.2, 0.25) is 12.8 Å². The van der Waals surface area contributed by atoms with Crippen molar-refractivity contribution in [1.82, 2.24) is 10.2 Å². The van der Waals surface area contributed by atoms with Crippen LogP contribution in [-0.4, -0.2) is 68.0 Å². The third-order valence-corrected chi connectivity index (χ3v) is 4.15. The molecular weight excluding hydrogens is 236 g/mol. The van der Waals surface area contributed by atoms with Crippen LogP contribution >= 0.6 is 0 Å². The van der Waals surface area contributed by atoms with Gasteiger partial charge in [0.15, 0.2) is 9.84 Å². The van der Waals surface area contributed by atoms with Gasteiger partial charge in [-0.05, 0) is 0 Å². The minimum Gasteiger partial charge on any atom is -0.390 e. The number of hydrogen-bond donors (Lipinski definition) is 2. The molecular formula is C8H14N2O5S. The van der Waals surface area contributed by atoms with E-state index in [2.05, 4.69) is 5.32 Å². The van der Waals surface area contributed by atoms with E-state index in [1.54, 1.807) is 0 Å². The van der Waals surface area contributed by atoms with Gasteiger partial charge in [0.25, 0.3) is 0 Å². The van der Waals surface area contributed by atoms with Crippen molar-refractivity contribution in [1.29, 1.82) is 0 Å². The lowest BCUT2D eigenvalue weighted by Gasteiger charge is -2.25. The highest BCUT2D eigenvalue weighted by molar-refractivity contribution is 7.91. The number of aliphatic hydroxyl groups excluding tert-OH is 1. The first-order chi connectivity index (χ1) is 7.50. The molecule has 0 spiro atoms. The molecule has 1 heterocycles. The number of carbonyl (C=O) groups excluding carboxylic acids is 2. The maximum absolute atomic E-state index is 11.2. The van der Waals surface area contributed by atoms with Crippen LogP contribution in [0.4, 0.5) is 0 Å². The quantitative estimate of drug-likeness (QED) is 0.396. The highest BCUT2D eigenvalue weighted by Gasteiger charge is 2.39. The highest BCUT2D eigenvalue weighted by Crippen LogP contribution is 2.17. The summed E-state index contributed by atoms with van der Waals surface area (Å²) in [5.74, 6) is -0.545. The van der Waals surface area contributed by atoms with Gasteiger partial charge in [0.05, 0.1) is 23.7 Å². The second kappa shape index (κ2) is 5.26. The molecule has 92 valence electrons. The van der Waals surface area contributed by atoms with Crippen molar-refractivity contribution in [3.63, 3.8) is 0 Å². The molecule has 2 amide bonds. The van der Waals surface area contributed by atoms with Crippen LogP contribution < -0.4 is 5.32 Å². The van der Waals surface area contributed by atoms with Gasteiger partial charge < -0.3 is 15.3 Å². The molecule has 7 nitrogen and oxygen atoms in total. The number of hydrogen-bond acceptors (Lipinski definition) is 5. The molecule has 16 heavy (non-hydrogen) atoms. The Balaban J connectivity index is 2.59. The van der Waals surface area contributed by atoms with Crippen LogP contribution in [0.5, 0.6) is 0 Å². The van der Waals surface area contributed by atoms with Crippen molar-refractivity contribution >= 4 is 22.7 Å². The van der Waals surface area contributed by atoms with E-state index in [9.17, 15) is 23.1 Å². The summed E-state index contributed by atoms with van der Waals surface area (Å²) in [6.07, 6.45) is -0.0714. The Kier molecular flexibility index (Phi) is 4.25. The lowest BCUT2D eigenvalue weighted by Crippen LogP contribution is -2.45. The zero-order valence-corrected chi connectivity index (χ0v) is 9.39. The van der Waals surface area contributed by atoms with Crippen LogP contribution in [0.3, 0.4) is 0 Å². The van der Waals surface area contributed by atoms with E-state index in [1.165, 1.54) is 4.90 Å². The van der Waals surface area contributed by atoms with E-state index in [1.807, 2.05) is 0 Å². The molecule has 1 saturated heterocycles. The Morgan fingerprint density at radius 1 is 1.38 bits per heavy atom. The molecule has 2 atom stereocenters. The van der Waals surface area contributed by atoms with Crippen LogP contribution in [0.25, 0.3) is 0 Å². The number of nitrogens with zero attached hydrogens (tertiary/aromatic N) is 1. The minimum atomic E-state index is -3.27. The van der Waals surface area contributed by atoms with Crippen molar-refractivity contribution in [2.24, 2.45) is 0 Å². The summed E-state index contributed by atoms with van der Waals surface area (Å²) >= 11 is 0. The first-order valence-electron chi connectivity index (χ1n) is 4.76. The summed E-state index contributed by atoms with van der Waals surface area (Å²) in [5, 5.41) is 11.9. The van der Waals surface area contributed by atoms with Crippen molar-refractivity contribution < 1.29 is 23.1 Å². The highest BCUT2D eigenvalue weighted by atomic mass is 32.2. The zero-order valence-electron chi connectivity index (χ0n) is 8.57. The van der Waals surface area contributed by atoms with Gasteiger partial charge in [-0.15, -0.1) is 0 Å². The monoisotopic (exact) mass is 250 g/mol. The molecule has 0 saturated carbocycles.